The molecule has 1 aromatic heterocycles. The van der Waals surface area contributed by atoms with Gasteiger partial charge in [0.2, 0.25) is 0 Å². The van der Waals surface area contributed by atoms with Crippen molar-refractivity contribution in [3.63, 3.8) is 0 Å². The Morgan fingerprint density at radius 3 is 2.41 bits per heavy atom. The zero-order valence-corrected chi connectivity index (χ0v) is 16.8. The highest BCUT2D eigenvalue weighted by molar-refractivity contribution is 5.61. The summed E-state index contributed by atoms with van der Waals surface area (Å²) < 4.78 is 11.5. The summed E-state index contributed by atoms with van der Waals surface area (Å²) in [6, 6.07) is 22.3. The average molecular weight is 392 g/mol. The fourth-order valence-corrected chi connectivity index (χ4v) is 4.15. The molecule has 1 N–H and O–H groups in total. The number of hydrogen-bond donors (Lipinski definition) is 1. The molecule has 1 aliphatic rings. The first-order valence-corrected chi connectivity index (χ1v) is 10.4. The molecule has 1 saturated heterocycles. The van der Waals surface area contributed by atoms with Crippen LogP contribution in [0, 0.1) is 5.41 Å². The molecular weight excluding hydrogens is 362 g/mol. The van der Waals surface area contributed by atoms with Crippen LogP contribution >= 0.6 is 0 Å². The van der Waals surface area contributed by atoms with Gasteiger partial charge >= 0.3 is 0 Å². The molecule has 152 valence electrons. The second-order valence-electron chi connectivity index (χ2n) is 7.98. The van der Waals surface area contributed by atoms with E-state index in [-0.39, 0.29) is 12.0 Å². The molecular formula is C25H29NO3. The van der Waals surface area contributed by atoms with E-state index in [0.29, 0.717) is 6.61 Å². The van der Waals surface area contributed by atoms with Gasteiger partial charge in [-0.15, -0.1) is 0 Å². The summed E-state index contributed by atoms with van der Waals surface area (Å²) in [5.41, 5.74) is 2.41. The van der Waals surface area contributed by atoms with Crippen molar-refractivity contribution in [2.45, 2.75) is 25.8 Å². The molecule has 29 heavy (non-hydrogen) atoms. The predicted molar refractivity (Wildman–Crippen MR) is 115 cm³/mol. The fraction of sp³-hybridized carbons (Fsp3) is 0.360. The number of piperidine rings is 1. The van der Waals surface area contributed by atoms with E-state index in [4.69, 9.17) is 9.15 Å². The van der Waals surface area contributed by atoms with Crippen molar-refractivity contribution in [3.8, 4) is 17.1 Å². The SMILES string of the molecule is OCC1(CCOc2ccccc2)CCN(Cc2ccccc2-c2ccco2)CC1. The molecule has 1 aliphatic heterocycles. The zero-order chi connectivity index (χ0) is 19.9. The van der Waals surface area contributed by atoms with E-state index in [1.165, 1.54) is 5.56 Å². The third-order valence-corrected chi connectivity index (χ3v) is 6.09. The summed E-state index contributed by atoms with van der Waals surface area (Å²) in [7, 11) is 0. The molecule has 1 fully saturated rings. The second-order valence-corrected chi connectivity index (χ2v) is 7.98. The van der Waals surface area contributed by atoms with Crippen LogP contribution in [-0.2, 0) is 6.54 Å². The van der Waals surface area contributed by atoms with Gasteiger partial charge in [0.05, 0.1) is 12.9 Å². The fourth-order valence-electron chi connectivity index (χ4n) is 4.15. The highest BCUT2D eigenvalue weighted by atomic mass is 16.5. The highest BCUT2D eigenvalue weighted by Gasteiger charge is 2.34. The minimum Gasteiger partial charge on any atom is -0.494 e. The van der Waals surface area contributed by atoms with Crippen LogP contribution in [0.5, 0.6) is 5.75 Å². The third-order valence-electron chi connectivity index (χ3n) is 6.09. The van der Waals surface area contributed by atoms with Crippen LogP contribution < -0.4 is 4.74 Å². The number of nitrogens with zero attached hydrogens (tertiary/aromatic N) is 1. The third kappa shape index (κ3) is 4.89. The van der Waals surface area contributed by atoms with Crippen LogP contribution in [0.25, 0.3) is 11.3 Å². The molecule has 0 aliphatic carbocycles. The summed E-state index contributed by atoms with van der Waals surface area (Å²) in [4.78, 5) is 2.48. The molecule has 0 bridgehead atoms. The Labute approximate surface area is 172 Å². The monoisotopic (exact) mass is 391 g/mol. The Bertz CT molecular complexity index is 868. The molecule has 0 unspecified atom stereocenters. The minimum absolute atomic E-state index is 0.0359. The second kappa shape index (κ2) is 9.29. The van der Waals surface area contributed by atoms with Crippen molar-refractivity contribution >= 4 is 0 Å². The maximum Gasteiger partial charge on any atom is 0.134 e. The van der Waals surface area contributed by atoms with Gasteiger partial charge in [-0.05, 0) is 67.6 Å². The standard InChI is InChI=1S/C25H29NO3/c27-20-25(14-18-28-22-8-2-1-3-9-22)12-15-26(16-13-25)19-21-7-4-5-10-23(21)24-11-6-17-29-24/h1-11,17,27H,12-16,18-20H2. The van der Waals surface area contributed by atoms with Crippen molar-refractivity contribution in [1.29, 1.82) is 0 Å². The quantitative estimate of drug-likeness (QED) is 0.588. The van der Waals surface area contributed by atoms with Gasteiger partial charge in [0.15, 0.2) is 0 Å². The van der Waals surface area contributed by atoms with E-state index in [1.807, 2.05) is 42.5 Å². The molecule has 0 radical (unpaired) electrons. The van der Waals surface area contributed by atoms with Crippen LogP contribution in [0.15, 0.2) is 77.4 Å². The zero-order valence-electron chi connectivity index (χ0n) is 16.8. The Kier molecular flexibility index (Phi) is 6.33. The lowest BCUT2D eigenvalue weighted by molar-refractivity contribution is 0.0243. The molecule has 4 heteroatoms. The Morgan fingerprint density at radius 1 is 0.931 bits per heavy atom. The van der Waals surface area contributed by atoms with Crippen LogP contribution in [-0.4, -0.2) is 36.3 Å². The average Bonchev–Trinajstić information content (AvgIpc) is 3.31. The number of ether oxygens (including phenoxy) is 1. The number of rotatable bonds is 8. The smallest absolute Gasteiger partial charge is 0.134 e. The maximum atomic E-state index is 10.1. The summed E-state index contributed by atoms with van der Waals surface area (Å²) in [5, 5.41) is 10.1. The molecule has 2 heterocycles. The molecule has 3 aromatic rings. The van der Waals surface area contributed by atoms with E-state index in [0.717, 1.165) is 56.0 Å². The topological polar surface area (TPSA) is 45.8 Å². The number of aliphatic hydroxyl groups is 1. The van der Waals surface area contributed by atoms with Gasteiger partial charge in [0.1, 0.15) is 11.5 Å². The van der Waals surface area contributed by atoms with Gasteiger partial charge in [0.25, 0.3) is 0 Å². The summed E-state index contributed by atoms with van der Waals surface area (Å²) in [6.07, 6.45) is 4.59. The number of likely N-dealkylation sites (tertiary alicyclic amines) is 1. The number of hydrogen-bond acceptors (Lipinski definition) is 4. The van der Waals surface area contributed by atoms with E-state index in [1.54, 1.807) is 6.26 Å². The van der Waals surface area contributed by atoms with Crippen LogP contribution in [0.2, 0.25) is 0 Å². The van der Waals surface area contributed by atoms with Crippen molar-refractivity contribution < 1.29 is 14.3 Å². The minimum atomic E-state index is -0.0359. The van der Waals surface area contributed by atoms with Crippen molar-refractivity contribution in [3.05, 3.63) is 78.6 Å². The Morgan fingerprint density at radius 2 is 1.69 bits per heavy atom. The maximum absolute atomic E-state index is 10.1. The summed E-state index contributed by atoms with van der Waals surface area (Å²) in [6.45, 7) is 3.74. The number of aliphatic hydroxyl groups excluding tert-OH is 1. The van der Waals surface area contributed by atoms with Gasteiger partial charge in [-0.25, -0.2) is 0 Å². The van der Waals surface area contributed by atoms with Crippen LogP contribution in [0.1, 0.15) is 24.8 Å². The molecule has 0 spiro atoms. The van der Waals surface area contributed by atoms with Gasteiger partial charge in [0, 0.05) is 18.7 Å². The normalized spacial score (nSPS) is 16.6. The molecule has 2 aromatic carbocycles. The number of para-hydroxylation sites is 1. The van der Waals surface area contributed by atoms with Gasteiger partial charge in [-0.2, -0.15) is 0 Å². The van der Waals surface area contributed by atoms with Crippen LogP contribution in [0.3, 0.4) is 0 Å². The largest absolute Gasteiger partial charge is 0.494 e. The molecule has 0 atom stereocenters. The lowest BCUT2D eigenvalue weighted by Gasteiger charge is -2.41. The molecule has 4 nitrogen and oxygen atoms in total. The van der Waals surface area contributed by atoms with Crippen molar-refractivity contribution in [1.82, 2.24) is 4.90 Å². The Balaban J connectivity index is 1.33. The van der Waals surface area contributed by atoms with Gasteiger partial charge < -0.3 is 14.3 Å². The van der Waals surface area contributed by atoms with Crippen LogP contribution in [0.4, 0.5) is 0 Å². The lowest BCUT2D eigenvalue weighted by atomic mass is 9.76. The van der Waals surface area contributed by atoms with Gasteiger partial charge in [-0.1, -0.05) is 42.5 Å². The van der Waals surface area contributed by atoms with Gasteiger partial charge in [-0.3, -0.25) is 4.90 Å². The van der Waals surface area contributed by atoms with E-state index >= 15 is 0 Å². The van der Waals surface area contributed by atoms with Crippen molar-refractivity contribution in [2.75, 3.05) is 26.3 Å². The first-order chi connectivity index (χ1) is 14.3. The molecule has 0 amide bonds. The molecule has 0 saturated carbocycles. The first kappa shape index (κ1) is 19.7. The Hall–Kier alpha value is -2.56. The predicted octanol–water partition coefficient (Wildman–Crippen LogP) is 4.99. The van der Waals surface area contributed by atoms with E-state index in [2.05, 4.69) is 29.2 Å². The number of benzene rings is 2. The summed E-state index contributed by atoms with van der Waals surface area (Å²) >= 11 is 0. The lowest BCUT2D eigenvalue weighted by Crippen LogP contribution is -2.42. The highest BCUT2D eigenvalue weighted by Crippen LogP contribution is 2.36. The first-order valence-electron chi connectivity index (χ1n) is 10.4. The van der Waals surface area contributed by atoms with E-state index in [9.17, 15) is 5.11 Å². The molecule has 4 rings (SSSR count). The van der Waals surface area contributed by atoms with Crippen molar-refractivity contribution in [2.24, 2.45) is 5.41 Å². The number of furan rings is 1. The van der Waals surface area contributed by atoms with E-state index < -0.39 is 0 Å². The summed E-state index contributed by atoms with van der Waals surface area (Å²) in [5.74, 6) is 1.81.